The van der Waals surface area contributed by atoms with Crippen molar-refractivity contribution >= 4 is 35.2 Å². The maximum atomic E-state index is 12.6. The molecule has 0 saturated carbocycles. The van der Waals surface area contributed by atoms with Crippen LogP contribution in [0.2, 0.25) is 0 Å². The topological polar surface area (TPSA) is 75.7 Å². The lowest BCUT2D eigenvalue weighted by Gasteiger charge is -2.12. The maximum absolute atomic E-state index is 12.6. The number of halogens is 3. The van der Waals surface area contributed by atoms with Gasteiger partial charge in [-0.25, -0.2) is 4.79 Å². The first-order chi connectivity index (χ1) is 14.1. The first-order valence-electron chi connectivity index (χ1n) is 8.64. The quantitative estimate of drug-likeness (QED) is 0.525. The highest BCUT2D eigenvalue weighted by molar-refractivity contribution is 8.00. The van der Waals surface area contributed by atoms with E-state index in [-0.39, 0.29) is 22.9 Å². The van der Waals surface area contributed by atoms with E-state index in [9.17, 15) is 27.6 Å². The fourth-order valence-corrected chi connectivity index (χ4v) is 3.20. The number of carbonyl (C=O) groups is 3. The molecule has 0 spiro atoms. The summed E-state index contributed by atoms with van der Waals surface area (Å²) in [4.78, 5) is 38.0. The van der Waals surface area contributed by atoms with E-state index in [4.69, 9.17) is 4.74 Å². The van der Waals surface area contributed by atoms with Gasteiger partial charge in [-0.05, 0) is 36.4 Å². The summed E-state index contributed by atoms with van der Waals surface area (Å²) in [6.45, 7) is -0.616. The lowest BCUT2D eigenvalue weighted by Crippen LogP contribution is -2.23. The van der Waals surface area contributed by atoms with E-state index in [1.54, 1.807) is 32.3 Å². The highest BCUT2D eigenvalue weighted by Gasteiger charge is 2.30. The largest absolute Gasteiger partial charge is 0.452 e. The van der Waals surface area contributed by atoms with Gasteiger partial charge in [0.25, 0.3) is 5.91 Å². The molecule has 2 aromatic carbocycles. The molecule has 0 aliphatic rings. The number of carbonyl (C=O) groups excluding carboxylic acids is 3. The number of esters is 1. The molecule has 0 bridgehead atoms. The number of alkyl halides is 3. The number of hydrogen-bond acceptors (Lipinski definition) is 5. The molecule has 0 saturated heterocycles. The highest BCUT2D eigenvalue weighted by atomic mass is 32.2. The number of hydrogen-bond donors (Lipinski definition) is 1. The van der Waals surface area contributed by atoms with Gasteiger partial charge in [-0.1, -0.05) is 12.1 Å². The normalized spacial score (nSPS) is 11.0. The average molecular weight is 440 g/mol. The van der Waals surface area contributed by atoms with Gasteiger partial charge in [0.1, 0.15) is 0 Å². The summed E-state index contributed by atoms with van der Waals surface area (Å²) in [6.07, 6.45) is -4.47. The van der Waals surface area contributed by atoms with Crippen molar-refractivity contribution < 1.29 is 32.3 Å². The third-order valence-electron chi connectivity index (χ3n) is 3.79. The van der Waals surface area contributed by atoms with Crippen molar-refractivity contribution in [3.05, 3.63) is 59.7 Å². The van der Waals surface area contributed by atoms with Crippen LogP contribution in [-0.4, -0.2) is 49.1 Å². The summed E-state index contributed by atoms with van der Waals surface area (Å²) < 4.78 is 42.7. The third kappa shape index (κ3) is 6.80. The predicted molar refractivity (Wildman–Crippen MR) is 106 cm³/mol. The molecule has 160 valence electrons. The first-order valence-corrected chi connectivity index (χ1v) is 9.62. The number of nitrogens with one attached hydrogen (secondary N) is 1. The van der Waals surface area contributed by atoms with Crippen molar-refractivity contribution in [2.45, 2.75) is 11.1 Å². The van der Waals surface area contributed by atoms with Crippen LogP contribution in [0.4, 0.5) is 18.9 Å². The summed E-state index contributed by atoms with van der Waals surface area (Å²) >= 11 is 1.17. The Kier molecular flexibility index (Phi) is 7.87. The Hall–Kier alpha value is -3.01. The minimum absolute atomic E-state index is 0.126. The molecule has 0 atom stereocenters. The Bertz CT molecular complexity index is 915. The van der Waals surface area contributed by atoms with Crippen molar-refractivity contribution in [1.29, 1.82) is 0 Å². The van der Waals surface area contributed by atoms with Gasteiger partial charge < -0.3 is 15.0 Å². The van der Waals surface area contributed by atoms with Gasteiger partial charge in [0, 0.05) is 24.7 Å². The second kappa shape index (κ2) is 10.1. The highest BCUT2D eigenvalue weighted by Crippen LogP contribution is 2.29. The van der Waals surface area contributed by atoms with Gasteiger partial charge in [0.05, 0.1) is 16.9 Å². The Morgan fingerprint density at radius 2 is 1.67 bits per heavy atom. The second-order valence-corrected chi connectivity index (χ2v) is 7.29. The van der Waals surface area contributed by atoms with Gasteiger partial charge in [-0.2, -0.15) is 13.2 Å². The number of anilines is 1. The van der Waals surface area contributed by atoms with Crippen LogP contribution in [0.5, 0.6) is 0 Å². The molecule has 2 amide bonds. The number of amides is 2. The van der Waals surface area contributed by atoms with Gasteiger partial charge in [0.2, 0.25) is 5.91 Å². The van der Waals surface area contributed by atoms with Crippen LogP contribution < -0.4 is 5.32 Å². The van der Waals surface area contributed by atoms with Crippen molar-refractivity contribution in [3.63, 3.8) is 0 Å². The van der Waals surface area contributed by atoms with E-state index in [0.29, 0.717) is 4.90 Å². The molecule has 30 heavy (non-hydrogen) atoms. The zero-order valence-corrected chi connectivity index (χ0v) is 17.0. The van der Waals surface area contributed by atoms with E-state index in [1.807, 2.05) is 0 Å². The Balaban J connectivity index is 1.92. The Labute approximate surface area is 175 Å². The SMILES string of the molecule is CN(C)C(=O)CSc1ccccc1C(=O)OCC(=O)Nc1ccc(C(F)(F)F)cc1. The Morgan fingerprint density at radius 3 is 2.27 bits per heavy atom. The first kappa shape index (κ1) is 23.3. The molecular formula is C20H19F3N2O4S. The number of nitrogens with zero attached hydrogens (tertiary/aromatic N) is 1. The zero-order valence-electron chi connectivity index (χ0n) is 16.2. The summed E-state index contributed by atoms with van der Waals surface area (Å²) in [5, 5.41) is 2.36. The number of ether oxygens (including phenoxy) is 1. The van der Waals surface area contributed by atoms with Crippen molar-refractivity contribution in [3.8, 4) is 0 Å². The summed E-state index contributed by atoms with van der Waals surface area (Å²) in [5.41, 5.74) is -0.493. The monoisotopic (exact) mass is 440 g/mol. The molecule has 1 N–H and O–H groups in total. The molecular weight excluding hydrogens is 421 g/mol. The Morgan fingerprint density at radius 1 is 1.03 bits per heavy atom. The number of rotatable bonds is 7. The van der Waals surface area contributed by atoms with Crippen molar-refractivity contribution in [1.82, 2.24) is 4.90 Å². The van der Waals surface area contributed by atoms with Crippen LogP contribution in [-0.2, 0) is 20.5 Å². The molecule has 0 aliphatic carbocycles. The predicted octanol–water partition coefficient (Wildman–Crippen LogP) is 3.68. The molecule has 2 aromatic rings. The fraction of sp³-hybridized carbons (Fsp3) is 0.250. The minimum atomic E-state index is -4.47. The number of thioether (sulfide) groups is 1. The zero-order chi connectivity index (χ0) is 22.3. The van der Waals surface area contributed by atoms with Crippen molar-refractivity contribution in [2.75, 3.05) is 31.8 Å². The van der Waals surface area contributed by atoms with E-state index in [0.717, 1.165) is 24.3 Å². The van der Waals surface area contributed by atoms with E-state index < -0.39 is 30.2 Å². The molecule has 0 fully saturated rings. The van der Waals surface area contributed by atoms with Crippen LogP contribution >= 0.6 is 11.8 Å². The average Bonchev–Trinajstić information content (AvgIpc) is 2.70. The molecule has 10 heteroatoms. The smallest absolute Gasteiger partial charge is 0.416 e. The van der Waals surface area contributed by atoms with Crippen LogP contribution in [0.15, 0.2) is 53.4 Å². The van der Waals surface area contributed by atoms with Gasteiger partial charge in [-0.3, -0.25) is 9.59 Å². The molecule has 0 aliphatic heterocycles. The van der Waals surface area contributed by atoms with Crippen LogP contribution in [0.25, 0.3) is 0 Å². The van der Waals surface area contributed by atoms with Gasteiger partial charge in [-0.15, -0.1) is 11.8 Å². The molecule has 6 nitrogen and oxygen atoms in total. The van der Waals surface area contributed by atoms with E-state index >= 15 is 0 Å². The van der Waals surface area contributed by atoms with Crippen LogP contribution in [0.3, 0.4) is 0 Å². The summed E-state index contributed by atoms with van der Waals surface area (Å²) in [5.74, 6) is -1.45. The lowest BCUT2D eigenvalue weighted by molar-refractivity contribution is -0.137. The second-order valence-electron chi connectivity index (χ2n) is 6.27. The van der Waals surface area contributed by atoms with E-state index in [2.05, 4.69) is 5.32 Å². The van der Waals surface area contributed by atoms with Crippen LogP contribution in [0.1, 0.15) is 15.9 Å². The molecule has 0 aromatic heterocycles. The van der Waals surface area contributed by atoms with E-state index in [1.165, 1.54) is 22.7 Å². The molecule has 0 unspecified atom stereocenters. The molecule has 0 heterocycles. The summed E-state index contributed by atoms with van der Waals surface area (Å²) in [7, 11) is 3.25. The minimum Gasteiger partial charge on any atom is -0.452 e. The van der Waals surface area contributed by atoms with Crippen molar-refractivity contribution in [2.24, 2.45) is 0 Å². The van der Waals surface area contributed by atoms with Crippen LogP contribution in [0, 0.1) is 0 Å². The maximum Gasteiger partial charge on any atom is 0.416 e. The molecule has 0 radical (unpaired) electrons. The third-order valence-corrected chi connectivity index (χ3v) is 4.85. The summed E-state index contributed by atoms with van der Waals surface area (Å²) in [6, 6.07) is 10.4. The van der Waals surface area contributed by atoms with Gasteiger partial charge in [0.15, 0.2) is 6.61 Å². The fourth-order valence-electron chi connectivity index (χ4n) is 2.18. The molecule has 2 rings (SSSR count). The standard InChI is InChI=1S/C20H19F3N2O4S/c1-25(2)18(27)12-30-16-6-4-3-5-15(16)19(28)29-11-17(26)24-14-9-7-13(8-10-14)20(21,22)23/h3-10H,11-12H2,1-2H3,(H,24,26). The number of benzene rings is 2. The lowest BCUT2D eigenvalue weighted by atomic mass is 10.2. The van der Waals surface area contributed by atoms with Gasteiger partial charge >= 0.3 is 12.1 Å².